The van der Waals surface area contributed by atoms with E-state index in [4.69, 9.17) is 30.8 Å². The molecular formula is C31H31BrClN3O6. The van der Waals surface area contributed by atoms with Crippen LogP contribution in [0.5, 0.6) is 17.2 Å². The Labute approximate surface area is 256 Å². The highest BCUT2D eigenvalue weighted by atomic mass is 79.9. The number of carboxylic acids is 1. The number of para-hydroxylation sites is 1. The van der Waals surface area contributed by atoms with Gasteiger partial charge in [-0.3, -0.25) is 4.79 Å². The maximum atomic E-state index is 13.8. The van der Waals surface area contributed by atoms with E-state index in [0.29, 0.717) is 33.4 Å². The van der Waals surface area contributed by atoms with Gasteiger partial charge in [-0.25, -0.2) is 9.78 Å². The molecule has 0 saturated carbocycles. The largest absolute Gasteiger partial charge is 0.494 e. The molecule has 0 saturated heterocycles. The van der Waals surface area contributed by atoms with Crippen molar-refractivity contribution in [1.29, 1.82) is 0 Å². The molecule has 1 aromatic heterocycles. The number of carboxylic acid groups (broad SMARTS) is 1. The van der Waals surface area contributed by atoms with Crippen LogP contribution < -0.4 is 19.8 Å². The van der Waals surface area contributed by atoms with Gasteiger partial charge in [0.15, 0.2) is 23.4 Å². The van der Waals surface area contributed by atoms with E-state index in [1.807, 2.05) is 32.0 Å². The topological polar surface area (TPSA) is 112 Å². The summed E-state index contributed by atoms with van der Waals surface area (Å²) in [4.78, 5) is 30.0. The number of hydrogen-bond donors (Lipinski definition) is 1. The van der Waals surface area contributed by atoms with E-state index in [0.717, 1.165) is 22.4 Å². The lowest BCUT2D eigenvalue weighted by Crippen LogP contribution is -2.23. The van der Waals surface area contributed by atoms with Gasteiger partial charge < -0.3 is 19.3 Å². The summed E-state index contributed by atoms with van der Waals surface area (Å²) in [5.74, 6) is 0.417. The number of aryl methyl sites for hydroxylation is 1. The summed E-state index contributed by atoms with van der Waals surface area (Å²) in [6.07, 6.45) is 0.290. The summed E-state index contributed by atoms with van der Waals surface area (Å²) in [7, 11) is 1.41. The predicted molar refractivity (Wildman–Crippen MR) is 168 cm³/mol. The van der Waals surface area contributed by atoms with Gasteiger partial charge in [0.1, 0.15) is 10.8 Å². The number of aromatic nitrogens is 2. The van der Waals surface area contributed by atoms with Crippen LogP contribution in [-0.2, 0) is 4.79 Å². The Morgan fingerprint density at radius 3 is 2.55 bits per heavy atom. The molecule has 0 aliphatic carbocycles. The second-order valence-electron chi connectivity index (χ2n) is 9.83. The summed E-state index contributed by atoms with van der Waals surface area (Å²) >= 11 is 10.0. The smallest absolute Gasteiger partial charge is 0.344 e. The lowest BCUT2D eigenvalue weighted by molar-refractivity contribution is -0.144. The molecule has 3 aromatic carbocycles. The second kappa shape index (κ2) is 13.0. The number of ether oxygens (including phenoxy) is 3. The highest BCUT2D eigenvalue weighted by Gasteiger charge is 2.23. The van der Waals surface area contributed by atoms with E-state index < -0.39 is 12.1 Å². The standard InChI is InChI=1S/C31H31BrClN3O6/c1-7-41-24-12-17(4)22(14-21(24)16(2)3)29-35-23-11-9-8-10-20(23)30(37)36(29)34-15-19-13-25(40-6)28(27(33)26(19)32)42-18(5)31(38)39/h8-16,18H,7H2,1-6H3,(H,38,39)/t18-/m0/s1. The Morgan fingerprint density at radius 2 is 1.90 bits per heavy atom. The zero-order chi connectivity index (χ0) is 30.7. The summed E-state index contributed by atoms with van der Waals surface area (Å²) < 4.78 is 18.5. The van der Waals surface area contributed by atoms with Crippen molar-refractivity contribution < 1.29 is 24.1 Å². The third-order valence-electron chi connectivity index (χ3n) is 6.60. The number of fused-ring (bicyclic) bond motifs is 1. The Hall–Kier alpha value is -3.89. The van der Waals surface area contributed by atoms with Crippen molar-refractivity contribution >= 4 is 50.6 Å². The van der Waals surface area contributed by atoms with Crippen LogP contribution >= 0.6 is 27.5 Å². The van der Waals surface area contributed by atoms with Gasteiger partial charge in [0.2, 0.25) is 0 Å². The zero-order valence-corrected chi connectivity index (χ0v) is 26.4. The van der Waals surface area contributed by atoms with Crippen LogP contribution in [0.15, 0.2) is 56.8 Å². The molecule has 0 aliphatic heterocycles. The third-order valence-corrected chi connectivity index (χ3v) is 8.05. The summed E-state index contributed by atoms with van der Waals surface area (Å²) in [6.45, 7) is 9.95. The minimum Gasteiger partial charge on any atom is -0.494 e. The van der Waals surface area contributed by atoms with Gasteiger partial charge in [-0.1, -0.05) is 37.6 Å². The van der Waals surface area contributed by atoms with Crippen LogP contribution in [0.1, 0.15) is 50.3 Å². The van der Waals surface area contributed by atoms with Crippen LogP contribution in [0.3, 0.4) is 0 Å². The zero-order valence-electron chi connectivity index (χ0n) is 24.1. The van der Waals surface area contributed by atoms with Crippen molar-refractivity contribution in [3.05, 3.63) is 79.0 Å². The molecule has 1 heterocycles. The summed E-state index contributed by atoms with van der Waals surface area (Å²) in [5.41, 5.74) is 3.25. The van der Waals surface area contributed by atoms with Crippen molar-refractivity contribution in [1.82, 2.24) is 9.66 Å². The van der Waals surface area contributed by atoms with E-state index in [1.165, 1.54) is 24.9 Å². The molecular weight excluding hydrogens is 626 g/mol. The monoisotopic (exact) mass is 655 g/mol. The molecule has 11 heteroatoms. The first kappa shape index (κ1) is 31.1. The Morgan fingerprint density at radius 1 is 1.19 bits per heavy atom. The quantitative estimate of drug-likeness (QED) is 0.182. The first-order chi connectivity index (χ1) is 20.0. The van der Waals surface area contributed by atoms with Gasteiger partial charge in [0.25, 0.3) is 5.56 Å². The molecule has 4 aromatic rings. The van der Waals surface area contributed by atoms with Crippen molar-refractivity contribution in [2.45, 2.75) is 46.6 Å². The molecule has 1 N–H and O–H groups in total. The molecule has 220 valence electrons. The fourth-order valence-corrected chi connectivity index (χ4v) is 5.03. The van der Waals surface area contributed by atoms with Crippen LogP contribution in [0.2, 0.25) is 5.02 Å². The van der Waals surface area contributed by atoms with Crippen molar-refractivity contribution in [3.63, 3.8) is 0 Å². The van der Waals surface area contributed by atoms with E-state index in [1.54, 1.807) is 24.3 Å². The fourth-order valence-electron chi connectivity index (χ4n) is 4.38. The summed E-state index contributed by atoms with van der Waals surface area (Å²) in [5, 5.41) is 14.4. The van der Waals surface area contributed by atoms with Gasteiger partial charge in [-0.15, -0.1) is 0 Å². The molecule has 0 unspecified atom stereocenters. The summed E-state index contributed by atoms with van der Waals surface area (Å²) in [6, 6.07) is 12.6. The molecule has 0 radical (unpaired) electrons. The van der Waals surface area contributed by atoms with Gasteiger partial charge in [-0.05, 0) is 84.1 Å². The van der Waals surface area contributed by atoms with Gasteiger partial charge >= 0.3 is 5.97 Å². The number of hydrogen-bond acceptors (Lipinski definition) is 7. The van der Waals surface area contributed by atoms with Crippen LogP contribution in [0.25, 0.3) is 22.3 Å². The maximum Gasteiger partial charge on any atom is 0.344 e. The number of benzene rings is 3. The lowest BCUT2D eigenvalue weighted by Gasteiger charge is -2.18. The molecule has 0 bridgehead atoms. The van der Waals surface area contributed by atoms with Crippen LogP contribution in [0.4, 0.5) is 0 Å². The Bertz CT molecular complexity index is 1750. The second-order valence-corrected chi connectivity index (χ2v) is 11.0. The Balaban J connectivity index is 1.93. The van der Waals surface area contributed by atoms with E-state index in [9.17, 15) is 14.7 Å². The molecule has 4 rings (SSSR count). The molecule has 0 fully saturated rings. The normalized spacial score (nSPS) is 12.2. The van der Waals surface area contributed by atoms with Crippen molar-refractivity contribution in [3.8, 4) is 28.6 Å². The van der Waals surface area contributed by atoms with Gasteiger partial charge in [-0.2, -0.15) is 9.78 Å². The number of halogens is 2. The average molecular weight is 657 g/mol. The first-order valence-corrected chi connectivity index (χ1v) is 14.4. The maximum absolute atomic E-state index is 13.8. The minimum absolute atomic E-state index is 0.0644. The molecule has 0 aliphatic rings. The lowest BCUT2D eigenvalue weighted by atomic mass is 9.96. The fraction of sp³-hybridized carbons (Fsp3) is 0.290. The molecule has 42 heavy (non-hydrogen) atoms. The van der Waals surface area contributed by atoms with Gasteiger partial charge in [0.05, 0.1) is 30.8 Å². The van der Waals surface area contributed by atoms with E-state index in [2.05, 4.69) is 34.9 Å². The molecule has 9 nitrogen and oxygen atoms in total. The molecule has 0 spiro atoms. The molecule has 0 amide bonds. The predicted octanol–water partition coefficient (Wildman–Crippen LogP) is 7.05. The van der Waals surface area contributed by atoms with Crippen LogP contribution in [0, 0.1) is 6.92 Å². The number of nitrogens with zero attached hydrogens (tertiary/aromatic N) is 3. The van der Waals surface area contributed by atoms with E-state index >= 15 is 0 Å². The number of methoxy groups -OCH3 is 1. The SMILES string of the molecule is CCOc1cc(C)c(-c2nc3ccccc3c(=O)n2N=Cc2cc(OC)c(O[C@@H](C)C(=O)O)c(Cl)c2Br)cc1C(C)C. The minimum atomic E-state index is -1.17. The average Bonchev–Trinajstić information content (AvgIpc) is 2.95. The molecule has 1 atom stereocenters. The third kappa shape index (κ3) is 6.15. The van der Waals surface area contributed by atoms with Gasteiger partial charge in [0, 0.05) is 15.6 Å². The van der Waals surface area contributed by atoms with Crippen molar-refractivity contribution in [2.75, 3.05) is 13.7 Å². The number of carbonyl (C=O) groups is 1. The van der Waals surface area contributed by atoms with Crippen molar-refractivity contribution in [2.24, 2.45) is 5.10 Å². The highest BCUT2D eigenvalue weighted by molar-refractivity contribution is 9.10. The van der Waals surface area contributed by atoms with E-state index in [-0.39, 0.29) is 28.0 Å². The number of rotatable bonds is 10. The van der Waals surface area contributed by atoms with Crippen LogP contribution in [-0.4, -0.2) is 46.8 Å². The number of aliphatic carboxylic acids is 1. The first-order valence-electron chi connectivity index (χ1n) is 13.3. The Kier molecular flexibility index (Phi) is 9.58. The highest BCUT2D eigenvalue weighted by Crippen LogP contribution is 2.42.